The third-order valence-electron chi connectivity index (χ3n) is 6.46. The molecule has 0 spiro atoms. The lowest BCUT2D eigenvalue weighted by Crippen LogP contribution is -2.31. The standard InChI is InChI=1S/C27H28FNO2/c1-27(2)17-19(15-22-8-9-23(16-25(22)27)26(30)29-31)7-6-18-4-3-5-21(14-18)20-10-12-24(28)13-11-20/h3-5,8-14,16,19,31H,6-7,15,17H2,1-2H3,(H,29,30). The van der Waals surface area contributed by atoms with Crippen molar-refractivity contribution in [2.75, 3.05) is 0 Å². The predicted molar refractivity (Wildman–Crippen MR) is 121 cm³/mol. The number of benzene rings is 3. The van der Waals surface area contributed by atoms with Crippen LogP contribution in [0.4, 0.5) is 4.39 Å². The summed E-state index contributed by atoms with van der Waals surface area (Å²) in [6.07, 6.45) is 4.14. The Labute approximate surface area is 182 Å². The molecular weight excluding hydrogens is 389 g/mol. The van der Waals surface area contributed by atoms with E-state index < -0.39 is 5.91 Å². The maximum Gasteiger partial charge on any atom is 0.274 e. The lowest BCUT2D eigenvalue weighted by Gasteiger charge is -2.38. The van der Waals surface area contributed by atoms with Gasteiger partial charge < -0.3 is 0 Å². The van der Waals surface area contributed by atoms with Crippen LogP contribution >= 0.6 is 0 Å². The first-order chi connectivity index (χ1) is 14.9. The largest absolute Gasteiger partial charge is 0.288 e. The van der Waals surface area contributed by atoms with Crippen molar-refractivity contribution in [3.05, 3.63) is 94.8 Å². The van der Waals surface area contributed by atoms with Crippen LogP contribution in [0.5, 0.6) is 0 Å². The van der Waals surface area contributed by atoms with Gasteiger partial charge in [-0.1, -0.05) is 56.3 Å². The average molecular weight is 418 g/mol. The molecule has 1 atom stereocenters. The van der Waals surface area contributed by atoms with Gasteiger partial charge in [0.05, 0.1) is 0 Å². The van der Waals surface area contributed by atoms with Gasteiger partial charge in [-0.2, -0.15) is 0 Å². The first kappa shape index (κ1) is 21.3. The molecule has 0 saturated heterocycles. The number of nitrogens with one attached hydrogen (secondary N) is 1. The lowest BCUT2D eigenvalue weighted by atomic mass is 9.67. The number of amides is 1. The van der Waals surface area contributed by atoms with Gasteiger partial charge in [0.1, 0.15) is 5.82 Å². The molecular formula is C27H28FNO2. The van der Waals surface area contributed by atoms with E-state index in [4.69, 9.17) is 5.21 Å². The van der Waals surface area contributed by atoms with E-state index in [1.165, 1.54) is 28.8 Å². The predicted octanol–water partition coefficient (Wildman–Crippen LogP) is 6.08. The zero-order valence-corrected chi connectivity index (χ0v) is 18.0. The molecule has 3 aromatic carbocycles. The molecule has 1 unspecified atom stereocenters. The van der Waals surface area contributed by atoms with E-state index in [2.05, 4.69) is 38.1 Å². The monoisotopic (exact) mass is 417 g/mol. The Kier molecular flexibility index (Phi) is 5.92. The molecule has 3 nitrogen and oxygen atoms in total. The first-order valence-corrected chi connectivity index (χ1v) is 10.8. The van der Waals surface area contributed by atoms with Crippen molar-refractivity contribution in [1.82, 2.24) is 5.48 Å². The highest BCUT2D eigenvalue weighted by Gasteiger charge is 2.33. The molecule has 0 heterocycles. The van der Waals surface area contributed by atoms with E-state index in [-0.39, 0.29) is 11.2 Å². The summed E-state index contributed by atoms with van der Waals surface area (Å²) in [7, 11) is 0. The molecule has 4 heteroatoms. The van der Waals surface area contributed by atoms with Crippen LogP contribution in [0.2, 0.25) is 0 Å². The van der Waals surface area contributed by atoms with Crippen molar-refractivity contribution < 1.29 is 14.4 Å². The first-order valence-electron chi connectivity index (χ1n) is 10.8. The Morgan fingerprint density at radius 1 is 1.06 bits per heavy atom. The van der Waals surface area contributed by atoms with Crippen molar-refractivity contribution in [2.24, 2.45) is 5.92 Å². The third kappa shape index (κ3) is 4.70. The van der Waals surface area contributed by atoms with Gasteiger partial charge in [-0.05, 0) is 89.1 Å². The summed E-state index contributed by atoms with van der Waals surface area (Å²) in [5.41, 5.74) is 8.10. The molecule has 0 aromatic heterocycles. The Bertz CT molecular complexity index is 1090. The van der Waals surface area contributed by atoms with Crippen LogP contribution in [0.1, 0.15) is 53.7 Å². The van der Waals surface area contributed by atoms with E-state index in [9.17, 15) is 9.18 Å². The highest BCUT2D eigenvalue weighted by molar-refractivity contribution is 5.93. The number of halogens is 1. The lowest BCUT2D eigenvalue weighted by molar-refractivity contribution is 0.0706. The minimum atomic E-state index is -0.471. The highest BCUT2D eigenvalue weighted by Crippen LogP contribution is 2.41. The second-order valence-corrected chi connectivity index (χ2v) is 9.22. The van der Waals surface area contributed by atoms with Crippen LogP contribution in [0.15, 0.2) is 66.7 Å². The van der Waals surface area contributed by atoms with Gasteiger partial charge in [0.2, 0.25) is 0 Å². The fourth-order valence-electron chi connectivity index (χ4n) is 4.93. The number of fused-ring (bicyclic) bond motifs is 1. The van der Waals surface area contributed by atoms with Gasteiger partial charge in [-0.3, -0.25) is 10.0 Å². The summed E-state index contributed by atoms with van der Waals surface area (Å²) in [5, 5.41) is 8.93. The third-order valence-corrected chi connectivity index (χ3v) is 6.46. The summed E-state index contributed by atoms with van der Waals surface area (Å²) in [5.74, 6) is -0.125. The van der Waals surface area contributed by atoms with Gasteiger partial charge >= 0.3 is 0 Å². The number of rotatable bonds is 5. The van der Waals surface area contributed by atoms with Crippen LogP contribution in [-0.4, -0.2) is 11.1 Å². The maximum atomic E-state index is 13.2. The molecule has 31 heavy (non-hydrogen) atoms. The normalized spacial score (nSPS) is 17.1. The number of hydroxylamine groups is 1. The van der Waals surface area contributed by atoms with E-state index in [0.29, 0.717) is 11.5 Å². The fraction of sp³-hybridized carbons (Fsp3) is 0.296. The highest BCUT2D eigenvalue weighted by atomic mass is 19.1. The molecule has 1 aliphatic carbocycles. The second kappa shape index (κ2) is 8.64. The summed E-state index contributed by atoms with van der Waals surface area (Å²) in [4.78, 5) is 11.8. The maximum absolute atomic E-state index is 13.2. The van der Waals surface area contributed by atoms with Crippen LogP contribution in [0, 0.1) is 11.7 Å². The summed E-state index contributed by atoms with van der Waals surface area (Å²) in [6, 6.07) is 20.9. The minimum absolute atomic E-state index is 0.0278. The van der Waals surface area contributed by atoms with Crippen molar-refractivity contribution in [1.29, 1.82) is 0 Å². The van der Waals surface area contributed by atoms with Gasteiger partial charge in [0.25, 0.3) is 5.91 Å². The van der Waals surface area contributed by atoms with Crippen LogP contribution < -0.4 is 5.48 Å². The van der Waals surface area contributed by atoms with E-state index in [1.54, 1.807) is 11.5 Å². The SMILES string of the molecule is CC1(C)CC(CCc2cccc(-c3ccc(F)cc3)c2)Cc2ccc(C(=O)NO)cc21. The molecule has 0 saturated carbocycles. The zero-order valence-electron chi connectivity index (χ0n) is 18.0. The van der Waals surface area contributed by atoms with Crippen molar-refractivity contribution in [3.63, 3.8) is 0 Å². The number of hydrogen-bond acceptors (Lipinski definition) is 2. The average Bonchev–Trinajstić information content (AvgIpc) is 2.77. The Morgan fingerprint density at radius 2 is 1.84 bits per heavy atom. The van der Waals surface area contributed by atoms with E-state index >= 15 is 0 Å². The molecule has 0 aliphatic heterocycles. The van der Waals surface area contributed by atoms with Gasteiger partial charge in [0.15, 0.2) is 0 Å². The van der Waals surface area contributed by atoms with E-state index in [0.717, 1.165) is 36.8 Å². The summed E-state index contributed by atoms with van der Waals surface area (Å²) in [6.45, 7) is 4.46. The number of carbonyl (C=O) groups excluding carboxylic acids is 1. The van der Waals surface area contributed by atoms with Gasteiger partial charge in [-0.25, -0.2) is 9.87 Å². The van der Waals surface area contributed by atoms with Crippen molar-refractivity contribution in [2.45, 2.75) is 44.9 Å². The Hall–Kier alpha value is -2.98. The Morgan fingerprint density at radius 3 is 2.58 bits per heavy atom. The molecule has 0 radical (unpaired) electrons. The van der Waals surface area contributed by atoms with Gasteiger partial charge in [0, 0.05) is 5.56 Å². The quantitative estimate of drug-likeness (QED) is 0.390. The van der Waals surface area contributed by atoms with Gasteiger partial charge in [-0.15, -0.1) is 0 Å². The van der Waals surface area contributed by atoms with Crippen molar-refractivity contribution in [3.8, 4) is 11.1 Å². The molecule has 1 aliphatic rings. The molecule has 3 aromatic rings. The smallest absolute Gasteiger partial charge is 0.274 e. The van der Waals surface area contributed by atoms with Crippen LogP contribution in [-0.2, 0) is 18.3 Å². The molecule has 4 rings (SSSR count). The number of carbonyl (C=O) groups is 1. The Balaban J connectivity index is 1.47. The summed E-state index contributed by atoms with van der Waals surface area (Å²) < 4.78 is 13.2. The topological polar surface area (TPSA) is 49.3 Å². The molecule has 160 valence electrons. The van der Waals surface area contributed by atoms with Crippen molar-refractivity contribution >= 4 is 5.91 Å². The fourth-order valence-corrected chi connectivity index (χ4v) is 4.93. The zero-order chi connectivity index (χ0) is 22.0. The number of aryl methyl sites for hydroxylation is 1. The van der Waals surface area contributed by atoms with Crippen LogP contribution in [0.3, 0.4) is 0 Å². The molecule has 0 fully saturated rings. The molecule has 1 amide bonds. The number of hydrogen-bond donors (Lipinski definition) is 2. The summed E-state index contributed by atoms with van der Waals surface area (Å²) >= 11 is 0. The molecule has 2 N–H and O–H groups in total. The molecule has 0 bridgehead atoms. The van der Waals surface area contributed by atoms with Crippen LogP contribution in [0.25, 0.3) is 11.1 Å². The van der Waals surface area contributed by atoms with E-state index in [1.807, 2.05) is 24.3 Å². The minimum Gasteiger partial charge on any atom is -0.288 e. The second-order valence-electron chi connectivity index (χ2n) is 9.22.